The first-order valence-corrected chi connectivity index (χ1v) is 10.2. The molecular weight excluding hydrogens is 387 g/mol. The Kier molecular flexibility index (Phi) is 5.04. The molecule has 2 unspecified atom stereocenters. The third-order valence-electron chi connectivity index (χ3n) is 5.67. The Morgan fingerprint density at radius 1 is 1.17 bits per heavy atom. The Morgan fingerprint density at radius 2 is 2.03 bits per heavy atom. The number of rotatable bonds is 5. The van der Waals surface area contributed by atoms with Crippen LogP contribution in [0.3, 0.4) is 0 Å². The summed E-state index contributed by atoms with van der Waals surface area (Å²) in [5.41, 5.74) is 1.71. The van der Waals surface area contributed by atoms with E-state index in [2.05, 4.69) is 4.98 Å². The van der Waals surface area contributed by atoms with Crippen LogP contribution in [-0.2, 0) is 16.1 Å². The summed E-state index contributed by atoms with van der Waals surface area (Å²) < 4.78 is 31.1. The van der Waals surface area contributed by atoms with Gasteiger partial charge in [0.25, 0.3) is 0 Å². The first-order chi connectivity index (χ1) is 14.7. The molecule has 0 spiro atoms. The van der Waals surface area contributed by atoms with E-state index in [1.165, 1.54) is 12.1 Å². The molecule has 3 heterocycles. The monoisotopic (exact) mass is 410 g/mol. The number of hydrogen-bond donors (Lipinski definition) is 1. The summed E-state index contributed by atoms with van der Waals surface area (Å²) in [6.07, 6.45) is 2.26. The van der Waals surface area contributed by atoms with Gasteiger partial charge in [-0.05, 0) is 42.3 Å². The number of nitrogens with zero attached hydrogens (tertiary/aromatic N) is 1. The van der Waals surface area contributed by atoms with Crippen LogP contribution in [0.1, 0.15) is 12.0 Å². The molecule has 2 aliphatic heterocycles. The highest BCUT2D eigenvalue weighted by molar-refractivity contribution is 5.84. The van der Waals surface area contributed by atoms with E-state index < -0.39 is 0 Å². The predicted octanol–water partition coefficient (Wildman–Crippen LogP) is 3.51. The molecule has 2 atom stereocenters. The maximum absolute atomic E-state index is 13.8. The fraction of sp³-hybridized carbons (Fsp3) is 0.348. The molecule has 3 aromatic rings. The Morgan fingerprint density at radius 3 is 2.87 bits per heavy atom. The SMILES string of the molecule is O=C(C1CCOC1)N(Cc1c[nH]c2ccc(F)cc12)CC1COc2ccccc2O1. The summed E-state index contributed by atoms with van der Waals surface area (Å²) in [6.45, 7) is 2.14. The average molecular weight is 410 g/mol. The highest BCUT2D eigenvalue weighted by atomic mass is 19.1. The molecule has 5 rings (SSSR count). The van der Waals surface area contributed by atoms with Crippen LogP contribution in [0, 0.1) is 11.7 Å². The van der Waals surface area contributed by atoms with Crippen LogP contribution >= 0.6 is 0 Å². The molecule has 1 aromatic heterocycles. The number of halogens is 1. The van der Waals surface area contributed by atoms with Crippen molar-refractivity contribution in [1.29, 1.82) is 0 Å². The van der Waals surface area contributed by atoms with Gasteiger partial charge in [-0.25, -0.2) is 4.39 Å². The van der Waals surface area contributed by atoms with Crippen molar-refractivity contribution < 1.29 is 23.4 Å². The number of nitrogens with one attached hydrogen (secondary N) is 1. The Balaban J connectivity index is 1.39. The zero-order chi connectivity index (χ0) is 20.5. The van der Waals surface area contributed by atoms with E-state index >= 15 is 0 Å². The lowest BCUT2D eigenvalue weighted by Crippen LogP contribution is -2.45. The Bertz CT molecular complexity index is 1060. The Hall–Kier alpha value is -3.06. The third-order valence-corrected chi connectivity index (χ3v) is 5.67. The number of amides is 1. The minimum atomic E-state index is -0.300. The summed E-state index contributed by atoms with van der Waals surface area (Å²) in [5, 5.41) is 0.779. The first-order valence-electron chi connectivity index (χ1n) is 10.2. The van der Waals surface area contributed by atoms with Crippen LogP contribution < -0.4 is 9.47 Å². The van der Waals surface area contributed by atoms with E-state index in [4.69, 9.17) is 14.2 Å². The smallest absolute Gasteiger partial charge is 0.228 e. The van der Waals surface area contributed by atoms with Crippen molar-refractivity contribution in [3.63, 3.8) is 0 Å². The van der Waals surface area contributed by atoms with Crippen LogP contribution in [0.4, 0.5) is 4.39 Å². The largest absolute Gasteiger partial charge is 0.486 e. The number of benzene rings is 2. The van der Waals surface area contributed by atoms with Gasteiger partial charge in [0.2, 0.25) is 5.91 Å². The number of para-hydroxylation sites is 2. The second-order valence-electron chi connectivity index (χ2n) is 7.78. The standard InChI is InChI=1S/C23H23FN2O4/c24-17-5-6-20-19(9-17)16(10-25-20)11-26(23(27)15-7-8-28-13-15)12-18-14-29-21-3-1-2-4-22(21)30-18/h1-6,9-10,15,18,25H,7-8,11-14H2. The molecule has 1 fully saturated rings. The fourth-order valence-electron chi connectivity index (χ4n) is 4.11. The third kappa shape index (κ3) is 3.73. The van der Waals surface area contributed by atoms with Gasteiger partial charge < -0.3 is 24.1 Å². The van der Waals surface area contributed by atoms with Gasteiger partial charge in [0, 0.05) is 30.3 Å². The van der Waals surface area contributed by atoms with E-state index in [0.717, 1.165) is 16.5 Å². The summed E-state index contributed by atoms with van der Waals surface area (Å²) in [6, 6.07) is 12.1. The van der Waals surface area contributed by atoms with Gasteiger partial charge >= 0.3 is 0 Å². The summed E-state index contributed by atoms with van der Waals surface area (Å²) >= 11 is 0. The molecule has 6 nitrogen and oxygen atoms in total. The molecule has 0 bridgehead atoms. The molecule has 1 N–H and O–H groups in total. The van der Waals surface area contributed by atoms with Crippen LogP contribution in [0.2, 0.25) is 0 Å². The normalized spacial score (nSPS) is 20.4. The van der Waals surface area contributed by atoms with Crippen molar-refractivity contribution >= 4 is 16.8 Å². The lowest BCUT2D eigenvalue weighted by Gasteiger charge is -2.32. The van der Waals surface area contributed by atoms with E-state index in [-0.39, 0.29) is 23.7 Å². The minimum absolute atomic E-state index is 0.0284. The number of aromatic amines is 1. The van der Waals surface area contributed by atoms with Crippen molar-refractivity contribution in [2.75, 3.05) is 26.4 Å². The average Bonchev–Trinajstić information content (AvgIpc) is 3.43. The quantitative estimate of drug-likeness (QED) is 0.699. The summed E-state index contributed by atoms with van der Waals surface area (Å²) in [5.74, 6) is 0.956. The second-order valence-corrected chi connectivity index (χ2v) is 7.78. The zero-order valence-electron chi connectivity index (χ0n) is 16.5. The van der Waals surface area contributed by atoms with Crippen molar-refractivity contribution in [1.82, 2.24) is 9.88 Å². The number of ether oxygens (including phenoxy) is 3. The van der Waals surface area contributed by atoms with Crippen LogP contribution in [0.25, 0.3) is 10.9 Å². The second kappa shape index (κ2) is 7.99. The number of H-pyrrole nitrogens is 1. The molecule has 0 saturated carbocycles. The molecule has 1 saturated heterocycles. The number of carbonyl (C=O) groups excluding carboxylic acids is 1. The number of carbonyl (C=O) groups is 1. The molecule has 2 aromatic carbocycles. The molecule has 0 aliphatic carbocycles. The van der Waals surface area contributed by atoms with E-state index in [1.807, 2.05) is 30.5 Å². The molecule has 156 valence electrons. The topological polar surface area (TPSA) is 63.8 Å². The molecule has 7 heteroatoms. The zero-order valence-corrected chi connectivity index (χ0v) is 16.5. The minimum Gasteiger partial charge on any atom is -0.486 e. The van der Waals surface area contributed by atoms with Crippen LogP contribution in [0.15, 0.2) is 48.7 Å². The maximum atomic E-state index is 13.8. The van der Waals surface area contributed by atoms with Gasteiger partial charge in [-0.3, -0.25) is 4.79 Å². The number of hydrogen-bond acceptors (Lipinski definition) is 4. The first kappa shape index (κ1) is 18.9. The lowest BCUT2D eigenvalue weighted by molar-refractivity contribution is -0.137. The molecule has 30 heavy (non-hydrogen) atoms. The van der Waals surface area contributed by atoms with Crippen LogP contribution in [-0.4, -0.2) is 48.3 Å². The summed E-state index contributed by atoms with van der Waals surface area (Å²) in [7, 11) is 0. The van der Waals surface area contributed by atoms with Gasteiger partial charge in [0.05, 0.1) is 19.1 Å². The van der Waals surface area contributed by atoms with Crippen molar-refractivity contribution in [2.24, 2.45) is 5.92 Å². The fourth-order valence-corrected chi connectivity index (χ4v) is 4.11. The van der Waals surface area contributed by atoms with Crippen molar-refractivity contribution in [3.05, 3.63) is 60.0 Å². The maximum Gasteiger partial charge on any atom is 0.228 e. The van der Waals surface area contributed by atoms with Gasteiger partial charge in [-0.2, -0.15) is 0 Å². The van der Waals surface area contributed by atoms with Crippen LogP contribution in [0.5, 0.6) is 11.5 Å². The summed E-state index contributed by atoms with van der Waals surface area (Å²) in [4.78, 5) is 18.2. The van der Waals surface area contributed by atoms with Gasteiger partial charge in [-0.15, -0.1) is 0 Å². The molecule has 0 radical (unpaired) electrons. The molecule has 1 amide bonds. The van der Waals surface area contributed by atoms with Crippen molar-refractivity contribution in [2.45, 2.75) is 19.1 Å². The number of fused-ring (bicyclic) bond motifs is 2. The number of aromatic nitrogens is 1. The Labute approximate surface area is 173 Å². The highest BCUT2D eigenvalue weighted by Gasteiger charge is 2.32. The predicted molar refractivity (Wildman–Crippen MR) is 109 cm³/mol. The molecule has 2 aliphatic rings. The van der Waals surface area contributed by atoms with Gasteiger partial charge in [-0.1, -0.05) is 12.1 Å². The van der Waals surface area contributed by atoms with Gasteiger partial charge in [0.1, 0.15) is 12.4 Å². The van der Waals surface area contributed by atoms with E-state index in [9.17, 15) is 9.18 Å². The molecular formula is C23H23FN2O4. The highest BCUT2D eigenvalue weighted by Crippen LogP contribution is 2.31. The lowest BCUT2D eigenvalue weighted by atomic mass is 10.1. The van der Waals surface area contributed by atoms with E-state index in [1.54, 1.807) is 11.0 Å². The van der Waals surface area contributed by atoms with Crippen molar-refractivity contribution in [3.8, 4) is 11.5 Å². The van der Waals surface area contributed by atoms with Gasteiger partial charge in [0.15, 0.2) is 17.6 Å². The van der Waals surface area contributed by atoms with E-state index in [0.29, 0.717) is 50.8 Å².